The Morgan fingerprint density at radius 1 is 1.11 bits per heavy atom. The number of amides is 1. The normalized spacial score (nSPS) is 16.4. The van der Waals surface area contributed by atoms with E-state index in [2.05, 4.69) is 34.6 Å². The van der Waals surface area contributed by atoms with Crippen molar-refractivity contribution in [1.82, 2.24) is 20.1 Å². The number of nitrogens with one attached hydrogen (secondary N) is 1. The molecule has 2 aromatic carbocycles. The highest BCUT2D eigenvalue weighted by Crippen LogP contribution is 2.09. The van der Waals surface area contributed by atoms with Gasteiger partial charge in [0.1, 0.15) is 17.6 Å². The molecule has 1 aliphatic heterocycles. The van der Waals surface area contributed by atoms with Crippen LogP contribution in [0.25, 0.3) is 11.0 Å². The SMILES string of the molecule is C[C@H](On1nnc2ccccc21)C(=O)N1CC[NH+](Cc2ccccc2)CC1. The van der Waals surface area contributed by atoms with Crippen molar-refractivity contribution in [2.75, 3.05) is 26.2 Å². The smallest absolute Gasteiger partial charge is 0.266 e. The number of nitrogens with zero attached hydrogens (tertiary/aromatic N) is 4. The standard InChI is InChI=1S/C20H23N5O2/c1-16(27-25-19-10-6-5-9-18(19)21-22-25)20(26)24-13-11-23(12-14-24)15-17-7-3-2-4-8-17/h2-10,16H,11-15H2,1H3/p+1/t16-/m0/s1. The van der Waals surface area contributed by atoms with Gasteiger partial charge in [0.15, 0.2) is 0 Å². The lowest BCUT2D eigenvalue weighted by atomic mass is 10.2. The Bertz CT molecular complexity index is 903. The lowest BCUT2D eigenvalue weighted by molar-refractivity contribution is -0.917. The van der Waals surface area contributed by atoms with Gasteiger partial charge in [0.25, 0.3) is 5.91 Å². The van der Waals surface area contributed by atoms with E-state index in [0.29, 0.717) is 0 Å². The van der Waals surface area contributed by atoms with Gasteiger partial charge in [-0.25, -0.2) is 0 Å². The fraction of sp³-hybridized carbons (Fsp3) is 0.350. The largest absolute Gasteiger partial charge is 0.382 e. The van der Waals surface area contributed by atoms with Crippen LogP contribution in [0.3, 0.4) is 0 Å². The summed E-state index contributed by atoms with van der Waals surface area (Å²) in [5.41, 5.74) is 2.84. The third-order valence-electron chi connectivity index (χ3n) is 5.01. The molecule has 7 heteroatoms. The van der Waals surface area contributed by atoms with Gasteiger partial charge >= 0.3 is 0 Å². The molecule has 0 spiro atoms. The van der Waals surface area contributed by atoms with Crippen molar-refractivity contribution >= 4 is 16.9 Å². The molecule has 0 saturated carbocycles. The first-order chi connectivity index (χ1) is 13.2. The maximum atomic E-state index is 12.8. The zero-order valence-corrected chi connectivity index (χ0v) is 15.4. The second kappa shape index (κ2) is 7.75. The van der Waals surface area contributed by atoms with Crippen LogP contribution in [0.1, 0.15) is 12.5 Å². The quantitative estimate of drug-likeness (QED) is 0.700. The molecule has 1 saturated heterocycles. The average molecular weight is 366 g/mol. The second-order valence-electron chi connectivity index (χ2n) is 6.94. The molecule has 140 valence electrons. The second-order valence-corrected chi connectivity index (χ2v) is 6.94. The van der Waals surface area contributed by atoms with E-state index >= 15 is 0 Å². The van der Waals surface area contributed by atoms with Gasteiger partial charge in [0, 0.05) is 5.56 Å². The summed E-state index contributed by atoms with van der Waals surface area (Å²) in [5, 5.41) is 8.04. The first kappa shape index (κ1) is 17.5. The maximum absolute atomic E-state index is 12.8. The molecular formula is C20H24N5O2+. The zero-order chi connectivity index (χ0) is 18.6. The number of carbonyl (C=O) groups is 1. The molecule has 1 atom stereocenters. The third-order valence-corrected chi connectivity index (χ3v) is 5.01. The van der Waals surface area contributed by atoms with Crippen LogP contribution < -0.4 is 9.74 Å². The van der Waals surface area contributed by atoms with E-state index in [1.807, 2.05) is 35.2 Å². The fourth-order valence-electron chi connectivity index (χ4n) is 3.48. The zero-order valence-electron chi connectivity index (χ0n) is 15.4. The van der Waals surface area contributed by atoms with Crippen LogP contribution in [0.4, 0.5) is 0 Å². The molecule has 1 amide bonds. The number of quaternary nitrogens is 1. The summed E-state index contributed by atoms with van der Waals surface area (Å²) in [4.78, 5) is 23.2. The van der Waals surface area contributed by atoms with E-state index in [4.69, 9.17) is 4.84 Å². The van der Waals surface area contributed by atoms with Gasteiger partial charge in [-0.15, -0.1) is 5.10 Å². The van der Waals surface area contributed by atoms with Crippen molar-refractivity contribution in [2.45, 2.75) is 19.6 Å². The Morgan fingerprint density at radius 2 is 1.81 bits per heavy atom. The highest BCUT2D eigenvalue weighted by atomic mass is 16.7. The van der Waals surface area contributed by atoms with Crippen LogP contribution >= 0.6 is 0 Å². The summed E-state index contributed by atoms with van der Waals surface area (Å²) >= 11 is 0. The van der Waals surface area contributed by atoms with Gasteiger partial charge in [-0.05, 0) is 24.3 Å². The van der Waals surface area contributed by atoms with Crippen molar-refractivity contribution in [1.29, 1.82) is 0 Å². The van der Waals surface area contributed by atoms with Crippen LogP contribution in [-0.4, -0.2) is 58.2 Å². The summed E-state index contributed by atoms with van der Waals surface area (Å²) in [6, 6.07) is 18.0. The number of fused-ring (bicyclic) bond motifs is 1. The highest BCUT2D eigenvalue weighted by molar-refractivity contribution is 5.81. The fourth-order valence-corrected chi connectivity index (χ4v) is 3.48. The predicted octanol–water partition coefficient (Wildman–Crippen LogP) is 0.176. The molecule has 2 heterocycles. The monoisotopic (exact) mass is 366 g/mol. The van der Waals surface area contributed by atoms with E-state index in [0.717, 1.165) is 43.8 Å². The first-order valence-corrected chi connectivity index (χ1v) is 9.34. The van der Waals surface area contributed by atoms with Gasteiger partial charge in [-0.2, -0.15) is 0 Å². The van der Waals surface area contributed by atoms with E-state index in [9.17, 15) is 4.79 Å². The Hall–Kier alpha value is -2.93. The molecule has 0 aliphatic carbocycles. The third kappa shape index (κ3) is 3.93. The molecule has 0 unspecified atom stereocenters. The van der Waals surface area contributed by atoms with E-state index in [1.54, 1.807) is 6.92 Å². The summed E-state index contributed by atoms with van der Waals surface area (Å²) in [7, 11) is 0. The Kier molecular flexibility index (Phi) is 5.02. The van der Waals surface area contributed by atoms with Crippen LogP contribution in [-0.2, 0) is 11.3 Å². The summed E-state index contributed by atoms with van der Waals surface area (Å²) in [6.07, 6.45) is -0.606. The molecule has 27 heavy (non-hydrogen) atoms. The molecule has 0 bridgehead atoms. The van der Waals surface area contributed by atoms with Gasteiger partial charge in [-0.3, -0.25) is 4.79 Å². The Labute approximate surface area is 158 Å². The lowest BCUT2D eigenvalue weighted by Crippen LogP contribution is -3.13. The number of carbonyl (C=O) groups excluding carboxylic acids is 1. The van der Waals surface area contributed by atoms with E-state index in [1.165, 1.54) is 15.3 Å². The van der Waals surface area contributed by atoms with E-state index < -0.39 is 6.10 Å². The van der Waals surface area contributed by atoms with Crippen LogP contribution in [0.15, 0.2) is 54.6 Å². The maximum Gasteiger partial charge on any atom is 0.266 e. The number of piperazine rings is 1. The molecule has 1 N–H and O–H groups in total. The number of aromatic nitrogens is 3. The van der Waals surface area contributed by atoms with Crippen molar-refractivity contribution in [3.63, 3.8) is 0 Å². The van der Waals surface area contributed by atoms with E-state index in [-0.39, 0.29) is 5.91 Å². The van der Waals surface area contributed by atoms with Crippen LogP contribution in [0, 0.1) is 0 Å². The molecule has 3 aromatic rings. The number of hydrogen-bond acceptors (Lipinski definition) is 4. The molecule has 7 nitrogen and oxygen atoms in total. The van der Waals surface area contributed by atoms with Crippen LogP contribution in [0.5, 0.6) is 0 Å². The van der Waals surface area contributed by atoms with Crippen molar-refractivity contribution < 1.29 is 14.5 Å². The first-order valence-electron chi connectivity index (χ1n) is 9.34. The number of rotatable bonds is 5. The Morgan fingerprint density at radius 3 is 2.59 bits per heavy atom. The lowest BCUT2D eigenvalue weighted by Gasteiger charge is -2.33. The number of para-hydroxylation sites is 1. The van der Waals surface area contributed by atoms with Gasteiger partial charge in [0.05, 0.1) is 26.2 Å². The minimum Gasteiger partial charge on any atom is -0.382 e. The van der Waals surface area contributed by atoms with Gasteiger partial charge < -0.3 is 14.6 Å². The number of benzene rings is 2. The number of hydrogen-bond donors (Lipinski definition) is 1. The highest BCUT2D eigenvalue weighted by Gasteiger charge is 2.28. The summed E-state index contributed by atoms with van der Waals surface area (Å²) in [5.74, 6) is -0.00616. The summed E-state index contributed by atoms with van der Waals surface area (Å²) in [6.45, 7) is 6.14. The Balaban J connectivity index is 1.32. The molecule has 1 aromatic heterocycles. The topological polar surface area (TPSA) is 64.7 Å². The molecular weight excluding hydrogens is 342 g/mol. The predicted molar refractivity (Wildman–Crippen MR) is 101 cm³/mol. The van der Waals surface area contributed by atoms with Crippen molar-refractivity contribution in [3.8, 4) is 0 Å². The minimum atomic E-state index is -0.606. The van der Waals surface area contributed by atoms with Crippen molar-refractivity contribution in [3.05, 3.63) is 60.2 Å². The van der Waals surface area contributed by atoms with Gasteiger partial charge in [-0.1, -0.05) is 47.3 Å². The molecule has 0 radical (unpaired) electrons. The van der Waals surface area contributed by atoms with Crippen LogP contribution in [0.2, 0.25) is 0 Å². The molecule has 1 fully saturated rings. The summed E-state index contributed by atoms with van der Waals surface area (Å²) < 4.78 is 0. The van der Waals surface area contributed by atoms with Crippen molar-refractivity contribution in [2.24, 2.45) is 0 Å². The minimum absolute atomic E-state index is 0.00616. The molecule has 4 rings (SSSR count). The average Bonchev–Trinajstić information content (AvgIpc) is 3.12. The van der Waals surface area contributed by atoms with Gasteiger partial charge in [0.2, 0.25) is 6.10 Å². The molecule has 1 aliphatic rings.